The topological polar surface area (TPSA) is 35.6 Å². The van der Waals surface area contributed by atoms with Crippen molar-refractivity contribution in [2.24, 2.45) is 11.8 Å². The van der Waals surface area contributed by atoms with Gasteiger partial charge >= 0.3 is 0 Å². The summed E-state index contributed by atoms with van der Waals surface area (Å²) in [7, 11) is 0. The molecule has 0 aromatic heterocycles. The molecule has 2 fully saturated rings. The van der Waals surface area contributed by atoms with Gasteiger partial charge in [-0.25, -0.2) is 0 Å². The third-order valence-electron chi connectivity index (χ3n) is 7.17. The number of rotatable bonds is 5. The van der Waals surface area contributed by atoms with Crippen molar-refractivity contribution in [2.75, 3.05) is 36.0 Å². The number of anilines is 2. The number of hydrogen-bond donors (Lipinski definition) is 1. The van der Waals surface area contributed by atoms with E-state index < -0.39 is 0 Å². The predicted molar refractivity (Wildman–Crippen MR) is 130 cm³/mol. The van der Waals surface area contributed by atoms with Crippen molar-refractivity contribution in [2.45, 2.75) is 52.5 Å². The first-order valence-corrected chi connectivity index (χ1v) is 12.0. The maximum Gasteiger partial charge on any atom is 0.223 e. The van der Waals surface area contributed by atoms with Crippen LogP contribution in [-0.4, -0.2) is 32.1 Å². The van der Waals surface area contributed by atoms with Gasteiger partial charge in [0.05, 0.1) is 6.04 Å². The summed E-state index contributed by atoms with van der Waals surface area (Å²) in [6.07, 6.45) is 4.38. The van der Waals surface area contributed by atoms with Crippen LogP contribution in [0.25, 0.3) is 0 Å². The number of piperidine rings is 2. The Morgan fingerprint density at radius 3 is 1.87 bits per heavy atom. The van der Waals surface area contributed by atoms with Crippen molar-refractivity contribution in [3.05, 3.63) is 59.7 Å². The van der Waals surface area contributed by atoms with Crippen LogP contribution >= 0.6 is 0 Å². The molecule has 1 atom stereocenters. The lowest BCUT2D eigenvalue weighted by molar-refractivity contribution is -0.126. The fraction of sp³-hybridized carbons (Fsp3) is 0.519. The van der Waals surface area contributed by atoms with E-state index in [9.17, 15) is 4.79 Å². The monoisotopic (exact) mass is 419 g/mol. The highest BCUT2D eigenvalue weighted by atomic mass is 16.1. The Hall–Kier alpha value is -2.49. The second-order valence-corrected chi connectivity index (χ2v) is 9.59. The quantitative estimate of drug-likeness (QED) is 0.712. The van der Waals surface area contributed by atoms with Crippen LogP contribution in [0.4, 0.5) is 11.4 Å². The van der Waals surface area contributed by atoms with E-state index in [0.29, 0.717) is 0 Å². The molecular weight excluding hydrogens is 382 g/mol. The number of carbonyl (C=O) groups is 1. The molecule has 4 nitrogen and oxygen atoms in total. The molecule has 4 rings (SSSR count). The van der Waals surface area contributed by atoms with Gasteiger partial charge < -0.3 is 15.1 Å². The van der Waals surface area contributed by atoms with Crippen molar-refractivity contribution >= 4 is 17.3 Å². The molecule has 166 valence electrons. The zero-order valence-electron chi connectivity index (χ0n) is 19.3. The zero-order valence-corrected chi connectivity index (χ0v) is 19.3. The van der Waals surface area contributed by atoms with E-state index in [1.165, 1.54) is 35.3 Å². The second kappa shape index (κ2) is 9.76. The zero-order chi connectivity index (χ0) is 21.8. The van der Waals surface area contributed by atoms with Gasteiger partial charge in [-0.2, -0.15) is 0 Å². The molecule has 1 amide bonds. The Morgan fingerprint density at radius 1 is 0.839 bits per heavy atom. The fourth-order valence-corrected chi connectivity index (χ4v) is 4.81. The predicted octanol–water partition coefficient (Wildman–Crippen LogP) is 5.33. The van der Waals surface area contributed by atoms with E-state index in [-0.39, 0.29) is 17.9 Å². The number of amides is 1. The maximum atomic E-state index is 12.9. The van der Waals surface area contributed by atoms with Crippen LogP contribution in [0.3, 0.4) is 0 Å². The molecule has 0 aliphatic carbocycles. The third kappa shape index (κ3) is 5.41. The molecule has 2 heterocycles. The Kier molecular flexibility index (Phi) is 6.84. The van der Waals surface area contributed by atoms with E-state index in [1.807, 2.05) is 0 Å². The average Bonchev–Trinajstić information content (AvgIpc) is 2.80. The summed E-state index contributed by atoms with van der Waals surface area (Å²) in [4.78, 5) is 17.8. The summed E-state index contributed by atoms with van der Waals surface area (Å²) in [5, 5.41) is 3.26. The number of carbonyl (C=O) groups excluding carboxylic acids is 1. The van der Waals surface area contributed by atoms with Crippen molar-refractivity contribution in [1.82, 2.24) is 5.32 Å². The number of aryl methyl sites for hydroxylation is 1. The molecule has 4 heteroatoms. The van der Waals surface area contributed by atoms with Crippen molar-refractivity contribution in [1.29, 1.82) is 0 Å². The van der Waals surface area contributed by atoms with E-state index in [2.05, 4.69) is 84.4 Å². The molecule has 2 saturated heterocycles. The van der Waals surface area contributed by atoms with Gasteiger partial charge in [-0.1, -0.05) is 36.8 Å². The Bertz CT molecular complexity index is 845. The molecule has 1 unspecified atom stereocenters. The second-order valence-electron chi connectivity index (χ2n) is 9.59. The normalized spacial score (nSPS) is 19.3. The van der Waals surface area contributed by atoms with E-state index >= 15 is 0 Å². The molecule has 1 N–H and O–H groups in total. The minimum Gasteiger partial charge on any atom is -0.372 e. The lowest BCUT2D eigenvalue weighted by atomic mass is 9.94. The summed E-state index contributed by atoms with van der Waals surface area (Å²) in [6.45, 7) is 10.7. The molecule has 0 radical (unpaired) electrons. The van der Waals surface area contributed by atoms with Gasteiger partial charge in [-0.05, 0) is 75.3 Å². The molecule has 0 saturated carbocycles. The van der Waals surface area contributed by atoms with Gasteiger partial charge in [0.1, 0.15) is 0 Å². The van der Waals surface area contributed by atoms with Crippen molar-refractivity contribution in [3.8, 4) is 0 Å². The summed E-state index contributed by atoms with van der Waals surface area (Å²) in [6, 6.07) is 17.5. The number of benzene rings is 2. The first-order chi connectivity index (χ1) is 15.0. The fourth-order valence-electron chi connectivity index (χ4n) is 4.81. The van der Waals surface area contributed by atoms with E-state index in [4.69, 9.17) is 0 Å². The van der Waals surface area contributed by atoms with Gasteiger partial charge in [0.25, 0.3) is 0 Å². The standard InChI is InChI=1S/C27H37N3O/c1-20-4-8-25(9-5-20)30-18-14-24(15-19-30)27(31)28-22(3)23-6-10-26(11-7-23)29-16-12-21(2)13-17-29/h4-11,21-22,24H,12-19H2,1-3H3,(H,28,31). The van der Waals surface area contributed by atoms with Crippen molar-refractivity contribution in [3.63, 3.8) is 0 Å². The van der Waals surface area contributed by atoms with Crippen LogP contribution < -0.4 is 15.1 Å². The van der Waals surface area contributed by atoms with Gasteiger partial charge in [0, 0.05) is 43.5 Å². The van der Waals surface area contributed by atoms with Crippen molar-refractivity contribution < 1.29 is 4.79 Å². The van der Waals surface area contributed by atoms with Gasteiger partial charge in [0.15, 0.2) is 0 Å². The number of nitrogens with zero attached hydrogens (tertiary/aromatic N) is 2. The summed E-state index contributed by atoms with van der Waals surface area (Å²) in [5.74, 6) is 1.15. The summed E-state index contributed by atoms with van der Waals surface area (Å²) in [5.41, 5.74) is 5.03. The Balaban J connectivity index is 1.27. The van der Waals surface area contributed by atoms with Gasteiger partial charge in [-0.3, -0.25) is 4.79 Å². The third-order valence-corrected chi connectivity index (χ3v) is 7.17. The number of hydrogen-bond acceptors (Lipinski definition) is 3. The van der Waals surface area contributed by atoms with Crippen LogP contribution in [0.15, 0.2) is 48.5 Å². The molecular formula is C27H37N3O. The molecule has 0 spiro atoms. The van der Waals surface area contributed by atoms with Crippen LogP contribution in [0.2, 0.25) is 0 Å². The Labute approximate surface area is 187 Å². The minimum atomic E-state index is 0.0399. The number of nitrogens with one attached hydrogen (secondary N) is 1. The van der Waals surface area contributed by atoms with Gasteiger partial charge in [-0.15, -0.1) is 0 Å². The average molecular weight is 420 g/mol. The first-order valence-electron chi connectivity index (χ1n) is 12.0. The molecule has 2 aromatic rings. The smallest absolute Gasteiger partial charge is 0.223 e. The highest BCUT2D eigenvalue weighted by Crippen LogP contribution is 2.26. The summed E-state index contributed by atoms with van der Waals surface area (Å²) >= 11 is 0. The van der Waals surface area contributed by atoms with Crippen LogP contribution in [-0.2, 0) is 4.79 Å². The Morgan fingerprint density at radius 2 is 1.32 bits per heavy atom. The molecule has 2 aliphatic heterocycles. The van der Waals surface area contributed by atoms with E-state index in [0.717, 1.165) is 44.9 Å². The lowest BCUT2D eigenvalue weighted by Crippen LogP contribution is -2.41. The van der Waals surface area contributed by atoms with Crippen LogP contribution in [0.1, 0.15) is 56.7 Å². The lowest BCUT2D eigenvalue weighted by Gasteiger charge is -2.33. The van der Waals surface area contributed by atoms with E-state index in [1.54, 1.807) is 0 Å². The SMILES string of the molecule is Cc1ccc(N2CCC(C(=O)NC(C)c3ccc(N4CCC(C)CC4)cc3)CC2)cc1. The highest BCUT2D eigenvalue weighted by Gasteiger charge is 2.26. The van der Waals surface area contributed by atoms with Crippen LogP contribution in [0.5, 0.6) is 0 Å². The maximum absolute atomic E-state index is 12.9. The first kappa shape index (κ1) is 21.7. The molecule has 2 aliphatic rings. The largest absolute Gasteiger partial charge is 0.372 e. The van der Waals surface area contributed by atoms with Gasteiger partial charge in [0.2, 0.25) is 5.91 Å². The molecule has 31 heavy (non-hydrogen) atoms. The highest BCUT2D eigenvalue weighted by molar-refractivity contribution is 5.79. The minimum absolute atomic E-state index is 0.0399. The molecule has 2 aromatic carbocycles. The molecule has 0 bridgehead atoms. The summed E-state index contributed by atoms with van der Waals surface area (Å²) < 4.78 is 0. The van der Waals surface area contributed by atoms with Crippen LogP contribution in [0, 0.1) is 18.8 Å².